The zero-order valence-corrected chi connectivity index (χ0v) is 20.0. The second-order valence-corrected chi connectivity index (χ2v) is 8.50. The fourth-order valence-electron chi connectivity index (χ4n) is 4.08. The van der Waals surface area contributed by atoms with Gasteiger partial charge in [0.15, 0.2) is 5.82 Å². The van der Waals surface area contributed by atoms with Gasteiger partial charge in [-0.1, -0.05) is 12.1 Å². The largest absolute Gasteiger partial charge is 0.339 e. The molecule has 0 aliphatic carbocycles. The van der Waals surface area contributed by atoms with Crippen LogP contribution in [0, 0.1) is 6.92 Å². The van der Waals surface area contributed by atoms with E-state index in [-0.39, 0.29) is 6.03 Å². The molecular weight excluding hydrogens is 468 g/mol. The number of hydrogen-bond donors (Lipinski definition) is 3. The van der Waals surface area contributed by atoms with Crippen LogP contribution in [0.1, 0.15) is 5.69 Å². The summed E-state index contributed by atoms with van der Waals surface area (Å²) in [6, 6.07) is 14.8. The molecule has 11 heteroatoms. The van der Waals surface area contributed by atoms with Gasteiger partial charge in [-0.05, 0) is 42.8 Å². The highest BCUT2D eigenvalue weighted by atomic mass is 16.2. The van der Waals surface area contributed by atoms with Crippen LogP contribution in [0.4, 0.5) is 16.3 Å². The summed E-state index contributed by atoms with van der Waals surface area (Å²) in [5, 5.41) is 11.1. The molecule has 11 nitrogen and oxygen atoms in total. The normalized spacial score (nSPS) is 11.1. The second kappa shape index (κ2) is 9.04. The van der Waals surface area contributed by atoms with E-state index in [1.807, 2.05) is 66.2 Å². The van der Waals surface area contributed by atoms with Crippen LogP contribution in [0.5, 0.6) is 0 Å². The summed E-state index contributed by atoms with van der Waals surface area (Å²) in [6.45, 7) is 1.93. The van der Waals surface area contributed by atoms with Crippen LogP contribution in [-0.2, 0) is 7.05 Å². The molecule has 0 spiro atoms. The van der Waals surface area contributed by atoms with Gasteiger partial charge in [0.05, 0.1) is 16.8 Å². The van der Waals surface area contributed by atoms with Gasteiger partial charge in [0.25, 0.3) is 0 Å². The van der Waals surface area contributed by atoms with Gasteiger partial charge in [-0.2, -0.15) is 5.10 Å². The summed E-state index contributed by atoms with van der Waals surface area (Å²) >= 11 is 0. The van der Waals surface area contributed by atoms with Crippen LogP contribution in [-0.4, -0.2) is 45.3 Å². The maximum Gasteiger partial charge on any atom is 0.324 e. The van der Waals surface area contributed by atoms with Gasteiger partial charge in [0, 0.05) is 48.6 Å². The zero-order chi connectivity index (χ0) is 25.4. The van der Waals surface area contributed by atoms with Crippen molar-refractivity contribution in [3.05, 3.63) is 85.5 Å². The van der Waals surface area contributed by atoms with E-state index in [0.29, 0.717) is 11.5 Å². The van der Waals surface area contributed by atoms with Crippen LogP contribution in [0.3, 0.4) is 0 Å². The summed E-state index contributed by atoms with van der Waals surface area (Å²) < 4.78 is 3.50. The van der Waals surface area contributed by atoms with E-state index in [4.69, 9.17) is 0 Å². The Morgan fingerprint density at radius 1 is 0.946 bits per heavy atom. The molecule has 5 heterocycles. The number of imidazole rings is 1. The third-order valence-corrected chi connectivity index (χ3v) is 5.91. The number of carbonyl (C=O) groups is 1. The van der Waals surface area contributed by atoms with Crippen molar-refractivity contribution in [1.29, 1.82) is 0 Å². The molecule has 37 heavy (non-hydrogen) atoms. The minimum Gasteiger partial charge on any atom is -0.339 e. The fraction of sp³-hybridized carbons (Fsp3) is 0.0769. The fourth-order valence-corrected chi connectivity index (χ4v) is 4.08. The van der Waals surface area contributed by atoms with E-state index in [0.717, 1.165) is 45.1 Å². The van der Waals surface area contributed by atoms with Crippen LogP contribution >= 0.6 is 0 Å². The molecular formula is C26H22N10O. The van der Waals surface area contributed by atoms with Gasteiger partial charge in [-0.15, -0.1) is 0 Å². The number of benzene rings is 1. The molecule has 0 aliphatic heterocycles. The first-order valence-corrected chi connectivity index (χ1v) is 11.5. The van der Waals surface area contributed by atoms with Crippen molar-refractivity contribution in [2.45, 2.75) is 6.92 Å². The van der Waals surface area contributed by atoms with Crippen molar-refractivity contribution < 1.29 is 4.79 Å². The number of aromatic amines is 1. The van der Waals surface area contributed by atoms with Crippen molar-refractivity contribution in [1.82, 2.24) is 39.3 Å². The summed E-state index contributed by atoms with van der Waals surface area (Å²) in [7, 11) is 1.78. The molecule has 0 saturated heterocycles. The number of hydrogen-bond acceptors (Lipinski definition) is 6. The zero-order valence-electron chi connectivity index (χ0n) is 20.0. The van der Waals surface area contributed by atoms with Crippen LogP contribution < -0.4 is 10.6 Å². The summed E-state index contributed by atoms with van der Waals surface area (Å²) in [6.07, 6.45) is 8.60. The second-order valence-electron chi connectivity index (χ2n) is 8.50. The highest BCUT2D eigenvalue weighted by Crippen LogP contribution is 2.27. The molecule has 5 aromatic heterocycles. The molecule has 2 amide bonds. The third kappa shape index (κ3) is 4.41. The summed E-state index contributed by atoms with van der Waals surface area (Å²) in [5.41, 5.74) is 5.81. The monoisotopic (exact) mass is 490 g/mol. The number of carbonyl (C=O) groups excluding carboxylic acids is 1. The number of rotatable bonds is 5. The molecule has 0 atom stereocenters. The van der Waals surface area contributed by atoms with Crippen LogP contribution in [0.2, 0.25) is 0 Å². The summed E-state index contributed by atoms with van der Waals surface area (Å²) in [4.78, 5) is 33.1. The summed E-state index contributed by atoms with van der Waals surface area (Å²) in [5.74, 6) is 1.33. The predicted octanol–water partition coefficient (Wildman–Crippen LogP) is 4.56. The van der Waals surface area contributed by atoms with Gasteiger partial charge in [0.2, 0.25) is 0 Å². The minimum atomic E-state index is -0.363. The van der Waals surface area contributed by atoms with Gasteiger partial charge in [-0.3, -0.25) is 19.5 Å². The van der Waals surface area contributed by atoms with Crippen molar-refractivity contribution in [2.75, 3.05) is 10.6 Å². The quantitative estimate of drug-likeness (QED) is 0.325. The highest BCUT2D eigenvalue weighted by Gasteiger charge is 2.13. The topological polar surface area (TPSA) is 131 Å². The van der Waals surface area contributed by atoms with E-state index < -0.39 is 0 Å². The number of fused-ring (bicyclic) bond motifs is 1. The Labute approximate surface area is 211 Å². The Hall–Kier alpha value is -5.32. The van der Waals surface area contributed by atoms with Crippen molar-refractivity contribution in [3.8, 4) is 28.3 Å². The molecule has 3 N–H and O–H groups in total. The molecule has 6 aromatic rings. The number of aryl methyl sites for hydroxylation is 2. The SMILES string of the molecule is Cc1cn(-c2ncnc3[nH]c(-c4ccc(NC(=O)Nc5cc(-c6ccncc6)nn5C)cc4)cc23)cn1. The number of anilines is 2. The van der Waals surface area contributed by atoms with Gasteiger partial charge in [-0.25, -0.2) is 19.7 Å². The average molecular weight is 491 g/mol. The first-order chi connectivity index (χ1) is 18.0. The van der Waals surface area contributed by atoms with Gasteiger partial charge in [0.1, 0.15) is 24.1 Å². The number of H-pyrrole nitrogens is 1. The van der Waals surface area contributed by atoms with Gasteiger partial charge < -0.3 is 10.3 Å². The van der Waals surface area contributed by atoms with E-state index in [1.165, 1.54) is 6.33 Å². The Morgan fingerprint density at radius 3 is 2.51 bits per heavy atom. The number of aromatic nitrogens is 8. The predicted molar refractivity (Wildman–Crippen MR) is 140 cm³/mol. The minimum absolute atomic E-state index is 0.363. The Kier molecular flexibility index (Phi) is 5.41. The Bertz CT molecular complexity index is 1710. The van der Waals surface area contributed by atoms with Crippen molar-refractivity contribution in [2.24, 2.45) is 7.05 Å². The lowest BCUT2D eigenvalue weighted by Gasteiger charge is -2.08. The van der Waals surface area contributed by atoms with E-state index in [9.17, 15) is 4.79 Å². The number of amides is 2. The molecule has 0 fully saturated rings. The number of urea groups is 1. The van der Waals surface area contributed by atoms with Crippen molar-refractivity contribution in [3.63, 3.8) is 0 Å². The highest BCUT2D eigenvalue weighted by molar-refractivity contribution is 5.99. The lowest BCUT2D eigenvalue weighted by molar-refractivity contribution is 0.262. The van der Waals surface area contributed by atoms with E-state index in [2.05, 4.69) is 40.7 Å². The average Bonchev–Trinajstić information content (AvgIpc) is 3.63. The van der Waals surface area contributed by atoms with Gasteiger partial charge >= 0.3 is 6.03 Å². The number of nitrogens with zero attached hydrogens (tertiary/aromatic N) is 7. The molecule has 1 aromatic carbocycles. The van der Waals surface area contributed by atoms with Crippen LogP contribution in [0.15, 0.2) is 79.8 Å². The maximum absolute atomic E-state index is 12.6. The third-order valence-electron chi connectivity index (χ3n) is 5.91. The Balaban J connectivity index is 1.17. The van der Waals surface area contributed by atoms with Crippen LogP contribution in [0.25, 0.3) is 39.4 Å². The first-order valence-electron chi connectivity index (χ1n) is 11.5. The van der Waals surface area contributed by atoms with E-state index in [1.54, 1.807) is 30.5 Å². The smallest absolute Gasteiger partial charge is 0.324 e. The molecule has 0 bridgehead atoms. The molecule has 0 unspecified atom stereocenters. The molecule has 0 radical (unpaired) electrons. The number of pyridine rings is 1. The molecule has 0 aliphatic rings. The lowest BCUT2D eigenvalue weighted by atomic mass is 10.1. The molecule has 6 rings (SSSR count). The maximum atomic E-state index is 12.6. The molecule has 0 saturated carbocycles. The molecule has 182 valence electrons. The lowest BCUT2D eigenvalue weighted by Crippen LogP contribution is -2.20. The van der Waals surface area contributed by atoms with E-state index >= 15 is 0 Å². The van der Waals surface area contributed by atoms with Crippen molar-refractivity contribution >= 4 is 28.6 Å². The Morgan fingerprint density at radius 2 is 1.76 bits per heavy atom. The standard InChI is InChI=1S/C26H22N10O/c1-16-13-36(15-30-16)25-20-11-21(32-24(20)28-14-29-25)17-3-5-19(6-4-17)31-26(37)33-23-12-22(34-35(23)2)18-7-9-27-10-8-18/h3-15H,1-2H3,(H,28,29,32)(H2,31,33,37). The first kappa shape index (κ1) is 22.2. The number of nitrogens with one attached hydrogen (secondary N) is 3.